The van der Waals surface area contributed by atoms with Gasteiger partial charge in [-0.15, -0.1) is 0 Å². The first kappa shape index (κ1) is 35.3. The smallest absolute Gasteiger partial charge is 0.436 e. The number of amides is 1. The average molecular weight is 604 g/mol. The number of hydrogen-bond donors (Lipinski definition) is 3. The van der Waals surface area contributed by atoms with Crippen LogP contribution < -0.4 is 5.32 Å². The zero-order valence-electron chi connectivity index (χ0n) is 25.7. The fraction of sp³-hybridized carbons (Fsp3) is 0.516. The summed E-state index contributed by atoms with van der Waals surface area (Å²) in [6.45, 7) is 13.0. The molecule has 2 aromatic carbocycles. The van der Waals surface area contributed by atoms with Crippen molar-refractivity contribution in [1.29, 1.82) is 0 Å². The predicted octanol–water partition coefficient (Wildman–Crippen LogP) is 4.85. The maximum atomic E-state index is 12.9. The van der Waals surface area contributed by atoms with Crippen molar-refractivity contribution in [2.75, 3.05) is 26.4 Å². The molecule has 0 aliphatic heterocycles. The third-order valence-corrected chi connectivity index (χ3v) is 9.46. The minimum absolute atomic E-state index is 0.297. The minimum atomic E-state index is -2.84. The van der Waals surface area contributed by atoms with Gasteiger partial charge in [-0.25, -0.2) is 4.79 Å². The molecule has 0 aromatic heterocycles. The van der Waals surface area contributed by atoms with Crippen LogP contribution in [-0.4, -0.2) is 74.2 Å². The van der Waals surface area contributed by atoms with Gasteiger partial charge in [-0.3, -0.25) is 9.59 Å². The van der Waals surface area contributed by atoms with E-state index in [0.717, 1.165) is 0 Å². The van der Waals surface area contributed by atoms with Crippen LogP contribution in [0.4, 0.5) is 4.79 Å². The normalized spacial score (nSPS) is 12.3. The van der Waals surface area contributed by atoms with Crippen LogP contribution in [0.15, 0.2) is 48.5 Å². The molecule has 0 heterocycles. The van der Waals surface area contributed by atoms with Gasteiger partial charge in [-0.2, -0.15) is 0 Å². The summed E-state index contributed by atoms with van der Waals surface area (Å²) in [7, 11) is -2.84. The molecule has 0 bridgehead atoms. The fourth-order valence-electron chi connectivity index (χ4n) is 4.30. The largest absolute Gasteiger partial charge is 0.500 e. The summed E-state index contributed by atoms with van der Waals surface area (Å²) in [4.78, 5) is 37.9. The number of hydrogen-bond acceptors (Lipinski definition) is 9. The Morgan fingerprint density at radius 2 is 1.12 bits per heavy atom. The van der Waals surface area contributed by atoms with E-state index in [1.165, 1.54) is 27.7 Å². The molecule has 2 aromatic rings. The second kappa shape index (κ2) is 15.5. The predicted molar refractivity (Wildman–Crippen MR) is 161 cm³/mol. The van der Waals surface area contributed by atoms with Gasteiger partial charge in [0, 0.05) is 43.5 Å². The first-order chi connectivity index (χ1) is 19.7. The molecule has 2 rings (SSSR count). The Kier molecular flexibility index (Phi) is 13.0. The molecular formula is C31H45NO9Si. The Morgan fingerprint density at radius 1 is 0.738 bits per heavy atom. The molecule has 42 heavy (non-hydrogen) atoms. The summed E-state index contributed by atoms with van der Waals surface area (Å²) in [6.07, 6.45) is -0.982. The zero-order chi connectivity index (χ0) is 31.6. The van der Waals surface area contributed by atoms with Crippen molar-refractivity contribution in [2.45, 2.75) is 78.2 Å². The third kappa shape index (κ3) is 10.1. The lowest BCUT2D eigenvalue weighted by atomic mass is 9.92. The van der Waals surface area contributed by atoms with Gasteiger partial charge in [0.25, 0.3) is 0 Å². The molecule has 10 nitrogen and oxygen atoms in total. The lowest BCUT2D eigenvalue weighted by molar-refractivity contribution is 0.0487. The number of aliphatic hydroxyl groups is 2. The van der Waals surface area contributed by atoms with Gasteiger partial charge in [0.15, 0.2) is 17.7 Å². The number of nitrogens with one attached hydrogen (secondary N) is 1. The van der Waals surface area contributed by atoms with Crippen molar-refractivity contribution in [3.63, 3.8) is 0 Å². The number of carbonyl (C=O) groups excluding carboxylic acids is 3. The molecule has 232 valence electrons. The second-order valence-electron chi connectivity index (χ2n) is 10.8. The van der Waals surface area contributed by atoms with Crippen LogP contribution in [0.25, 0.3) is 0 Å². The zero-order valence-corrected chi connectivity index (χ0v) is 26.7. The second-order valence-corrected chi connectivity index (χ2v) is 13.6. The van der Waals surface area contributed by atoms with Crippen molar-refractivity contribution >= 4 is 26.5 Å². The van der Waals surface area contributed by atoms with E-state index < -0.39 is 43.8 Å². The third-order valence-electron chi connectivity index (χ3n) is 6.31. The summed E-state index contributed by atoms with van der Waals surface area (Å²) in [6, 6.07) is 13.4. The number of carbonyl (C=O) groups is 3. The van der Waals surface area contributed by atoms with Gasteiger partial charge in [0.2, 0.25) is 0 Å². The maximum Gasteiger partial charge on any atom is 0.500 e. The van der Waals surface area contributed by atoms with E-state index in [0.29, 0.717) is 61.1 Å². The number of benzene rings is 2. The van der Waals surface area contributed by atoms with E-state index >= 15 is 0 Å². The number of ketones is 2. The van der Waals surface area contributed by atoms with Crippen molar-refractivity contribution in [2.24, 2.45) is 0 Å². The summed E-state index contributed by atoms with van der Waals surface area (Å²) in [5, 5.41) is 23.0. The van der Waals surface area contributed by atoms with E-state index in [1.54, 1.807) is 48.5 Å². The lowest BCUT2D eigenvalue weighted by Gasteiger charge is -2.28. The van der Waals surface area contributed by atoms with Crippen LogP contribution in [-0.2, 0) is 18.0 Å². The van der Waals surface area contributed by atoms with Crippen LogP contribution in [0, 0.1) is 0 Å². The molecule has 1 amide bonds. The van der Waals surface area contributed by atoms with Gasteiger partial charge < -0.3 is 33.5 Å². The number of ether oxygens (including phenoxy) is 1. The summed E-state index contributed by atoms with van der Waals surface area (Å²) in [5.74, 6) is -0.881. The van der Waals surface area contributed by atoms with Crippen molar-refractivity contribution in [1.82, 2.24) is 5.32 Å². The monoisotopic (exact) mass is 603 g/mol. The van der Waals surface area contributed by atoms with Crippen LogP contribution in [0.2, 0.25) is 6.04 Å². The summed E-state index contributed by atoms with van der Waals surface area (Å²) < 4.78 is 23.4. The first-order valence-electron chi connectivity index (χ1n) is 14.3. The highest BCUT2D eigenvalue weighted by atomic mass is 28.4. The first-order valence-corrected chi connectivity index (χ1v) is 16.2. The Hall–Kier alpha value is -2.93. The SMILES string of the molecule is CCO[Si](CCCNC(=O)OC(c1ccc(C(=O)C(C)(C)O)cc1)c1ccc(C(=O)C(C)(C)O)cc1)(OCC)OCC. The van der Waals surface area contributed by atoms with E-state index in [1.807, 2.05) is 20.8 Å². The Morgan fingerprint density at radius 3 is 1.45 bits per heavy atom. The molecule has 0 spiro atoms. The molecule has 0 saturated heterocycles. The van der Waals surface area contributed by atoms with Gasteiger partial charge in [-0.05, 0) is 66.0 Å². The Bertz CT molecular complexity index is 1080. The van der Waals surface area contributed by atoms with E-state index in [2.05, 4.69) is 5.32 Å². The highest BCUT2D eigenvalue weighted by molar-refractivity contribution is 6.60. The molecule has 0 fully saturated rings. The lowest BCUT2D eigenvalue weighted by Crippen LogP contribution is -2.46. The van der Waals surface area contributed by atoms with Gasteiger partial charge >= 0.3 is 14.9 Å². The number of rotatable bonds is 17. The topological polar surface area (TPSA) is 141 Å². The van der Waals surface area contributed by atoms with Crippen LogP contribution in [0.3, 0.4) is 0 Å². The van der Waals surface area contributed by atoms with Crippen LogP contribution >= 0.6 is 0 Å². The van der Waals surface area contributed by atoms with E-state index in [4.69, 9.17) is 18.0 Å². The van der Waals surface area contributed by atoms with Crippen molar-refractivity contribution in [3.05, 3.63) is 70.8 Å². The van der Waals surface area contributed by atoms with Gasteiger partial charge in [-0.1, -0.05) is 48.5 Å². The Balaban J connectivity index is 2.23. The quantitative estimate of drug-likeness (QED) is 0.131. The van der Waals surface area contributed by atoms with Crippen LogP contribution in [0.5, 0.6) is 0 Å². The number of alkyl carbamates (subject to hydrolysis) is 1. The molecule has 0 unspecified atom stereocenters. The molecule has 0 aliphatic rings. The Labute approximate surface area is 249 Å². The highest BCUT2D eigenvalue weighted by Gasteiger charge is 2.39. The molecule has 11 heteroatoms. The van der Waals surface area contributed by atoms with Gasteiger partial charge in [0.05, 0.1) is 0 Å². The molecule has 0 atom stereocenters. The molecular weight excluding hydrogens is 558 g/mol. The standard InChI is InChI=1S/C31H45NO9Si/c1-8-38-42(39-9-2,40-10-3)21-11-20-32-29(35)41-26(22-12-16-24(17-13-22)27(33)30(4,5)36)23-14-18-25(19-15-23)28(34)31(6,7)37/h12-19,26,36-37H,8-11,20-21H2,1-7H3,(H,32,35). The summed E-state index contributed by atoms with van der Waals surface area (Å²) >= 11 is 0. The van der Waals surface area contributed by atoms with E-state index in [9.17, 15) is 24.6 Å². The molecule has 0 aliphatic carbocycles. The average Bonchev–Trinajstić information content (AvgIpc) is 2.93. The minimum Gasteiger partial charge on any atom is -0.436 e. The fourth-order valence-corrected chi connectivity index (χ4v) is 6.91. The summed E-state index contributed by atoms with van der Waals surface area (Å²) in [5.41, 5.74) is -1.29. The maximum absolute atomic E-state index is 12.9. The molecule has 0 radical (unpaired) electrons. The highest BCUT2D eigenvalue weighted by Crippen LogP contribution is 2.28. The van der Waals surface area contributed by atoms with E-state index in [-0.39, 0.29) is 0 Å². The van der Waals surface area contributed by atoms with Crippen LogP contribution in [0.1, 0.15) is 92.8 Å². The van der Waals surface area contributed by atoms with Crippen molar-refractivity contribution < 1.29 is 42.6 Å². The molecule has 0 saturated carbocycles. The van der Waals surface area contributed by atoms with Gasteiger partial charge in [0.1, 0.15) is 11.2 Å². The number of Topliss-reactive ketones (excluding diaryl/α,β-unsaturated/α-hetero) is 2. The van der Waals surface area contributed by atoms with Crippen molar-refractivity contribution in [3.8, 4) is 0 Å². The molecule has 3 N–H and O–H groups in total.